The Bertz CT molecular complexity index is 3530. The summed E-state index contributed by atoms with van der Waals surface area (Å²) in [5, 5.41) is 13.2. The van der Waals surface area contributed by atoms with Crippen LogP contribution in [0.15, 0.2) is 93.3 Å². The summed E-state index contributed by atoms with van der Waals surface area (Å²) < 4.78 is 125. The lowest BCUT2D eigenvalue weighted by Gasteiger charge is -2.25. The third-order valence-corrected chi connectivity index (χ3v) is 19.4. The van der Waals surface area contributed by atoms with E-state index in [1.807, 2.05) is 65.0 Å². The Labute approximate surface area is 482 Å². The van der Waals surface area contributed by atoms with Gasteiger partial charge in [0.15, 0.2) is 5.71 Å². The van der Waals surface area contributed by atoms with Gasteiger partial charge in [0.2, 0.25) is 11.6 Å². The number of nitrogen functional groups attached to an aromatic ring is 1. The minimum Gasteiger partial charge on any atom is -0.744 e. The second kappa shape index (κ2) is 28.0. The third kappa shape index (κ3) is 18.2. The number of nitrogens with one attached hydrogen (secondary N) is 1. The molecule has 0 bridgehead atoms. The Balaban J connectivity index is 0.00000169. The first-order chi connectivity index (χ1) is 38.5. The van der Waals surface area contributed by atoms with E-state index >= 15 is 0 Å². The zero-order valence-corrected chi connectivity index (χ0v) is 51.3. The van der Waals surface area contributed by atoms with Crippen molar-refractivity contribution in [3.8, 4) is 11.8 Å². The van der Waals surface area contributed by atoms with E-state index in [1.54, 1.807) is 12.1 Å². The number of unbranched alkanes of at least 4 members (excludes halogenated alkanes) is 2. The number of nitrogens with zero attached hydrogens (tertiary/aromatic N) is 5. The van der Waals surface area contributed by atoms with Crippen LogP contribution in [-0.2, 0) is 67.4 Å². The molecule has 1 aromatic heterocycles. The summed E-state index contributed by atoms with van der Waals surface area (Å²) in [6.07, 6.45) is 8.02. The molecule has 2 aromatic carbocycles. The number of ether oxygens (including phenoxy) is 1. The van der Waals surface area contributed by atoms with Crippen LogP contribution in [0.2, 0.25) is 0 Å². The van der Waals surface area contributed by atoms with E-state index in [1.165, 1.54) is 50.1 Å². The molecule has 32 heteroatoms. The van der Waals surface area contributed by atoms with E-state index in [0.717, 1.165) is 27.4 Å². The van der Waals surface area contributed by atoms with Gasteiger partial charge in [0, 0.05) is 66.5 Å². The first-order valence-electron chi connectivity index (χ1n) is 26.2. The highest BCUT2D eigenvalue weighted by atomic mass is 32.2. The molecule has 0 spiro atoms. The van der Waals surface area contributed by atoms with Gasteiger partial charge in [-0.3, -0.25) is 18.4 Å². The fraction of sp³-hybridized carbons (Fsp3) is 0.490. The Hall–Kier alpha value is -5.05. The minimum absolute atomic E-state index is 0.0334. The summed E-state index contributed by atoms with van der Waals surface area (Å²) >= 11 is 0. The number of rotatable bonds is 24. The number of benzene rings is 2. The number of nitrogens with two attached hydrogens (primary N) is 1. The van der Waals surface area contributed by atoms with E-state index in [-0.39, 0.29) is 46.5 Å². The molecule has 6 rings (SSSR count). The van der Waals surface area contributed by atoms with Crippen molar-refractivity contribution in [1.29, 1.82) is 0 Å². The molecule has 0 radical (unpaired) electrons. The number of aromatic nitrogens is 2. The molecular formula is C51H72N7O20P3S2. The van der Waals surface area contributed by atoms with E-state index in [9.17, 15) is 64.1 Å². The lowest BCUT2D eigenvalue weighted by atomic mass is 9.81. The SMILES string of the molecule is CCN(CC)CC.CCN1/C(=C/C=C/C=C/C2=[N+](CCCCCC(=O)NCC#Cc3cn([C@H]4C[C@@H](O)[C@@H](COP(=O)(O)OP(=O)(O)OP(=O)(O)O)O4)c(=O)nc3N)c3ccc(S(=O)(=O)O)cc3C2(C)C)C(C)(C)c2cc(S(=O)(=O)[O-])ccc21. The van der Waals surface area contributed by atoms with Gasteiger partial charge in [-0.2, -0.15) is 26.6 Å². The Morgan fingerprint density at radius 1 is 0.928 bits per heavy atom. The molecule has 3 aliphatic rings. The number of anilines is 2. The fourth-order valence-corrected chi connectivity index (χ4v) is 13.7. The van der Waals surface area contributed by atoms with Crippen LogP contribution in [0, 0.1) is 11.8 Å². The molecule has 3 aliphatic heterocycles. The van der Waals surface area contributed by atoms with Gasteiger partial charge in [0.05, 0.1) is 40.0 Å². The van der Waals surface area contributed by atoms with Gasteiger partial charge < -0.3 is 54.8 Å². The zero-order valence-electron chi connectivity index (χ0n) is 47.0. The van der Waals surface area contributed by atoms with Gasteiger partial charge in [0.25, 0.3) is 10.1 Å². The van der Waals surface area contributed by atoms with E-state index in [4.69, 9.17) is 20.3 Å². The molecule has 2 unspecified atom stereocenters. The lowest BCUT2D eigenvalue weighted by Crippen LogP contribution is -2.29. The van der Waals surface area contributed by atoms with Crippen molar-refractivity contribution >= 4 is 72.5 Å². The van der Waals surface area contributed by atoms with Gasteiger partial charge in [-0.15, -0.1) is 0 Å². The highest BCUT2D eigenvalue weighted by Crippen LogP contribution is 2.66. The van der Waals surface area contributed by atoms with Crippen LogP contribution in [0.3, 0.4) is 0 Å². The van der Waals surface area contributed by atoms with E-state index < -0.39 is 85.3 Å². The maximum Gasteiger partial charge on any atom is 0.490 e. The second-order valence-electron chi connectivity index (χ2n) is 20.2. The Morgan fingerprint density at radius 2 is 1.58 bits per heavy atom. The number of carbonyl (C=O) groups is 1. The van der Waals surface area contributed by atoms with Gasteiger partial charge >= 0.3 is 29.2 Å². The molecule has 3 aromatic rings. The normalized spacial score (nSPS) is 20.5. The second-order valence-corrected chi connectivity index (χ2v) is 27.4. The molecular weight excluding hydrogens is 1190 g/mol. The molecule has 5 atom stereocenters. The van der Waals surface area contributed by atoms with Crippen LogP contribution in [0.5, 0.6) is 0 Å². The molecule has 1 amide bonds. The highest BCUT2D eigenvalue weighted by Gasteiger charge is 2.46. The quantitative estimate of drug-likeness (QED) is 0.0142. The first kappa shape index (κ1) is 68.7. The summed E-state index contributed by atoms with van der Waals surface area (Å²) in [5.74, 6) is 4.84. The molecule has 83 heavy (non-hydrogen) atoms. The monoisotopic (exact) mass is 1260 g/mol. The molecule has 0 saturated carbocycles. The van der Waals surface area contributed by atoms with Crippen molar-refractivity contribution < 1.29 is 91.6 Å². The van der Waals surface area contributed by atoms with E-state index in [0.29, 0.717) is 43.5 Å². The molecule has 4 heterocycles. The van der Waals surface area contributed by atoms with Crippen LogP contribution in [0.25, 0.3) is 0 Å². The van der Waals surface area contributed by atoms with Crippen LogP contribution in [0.1, 0.15) is 110 Å². The number of aliphatic hydroxyl groups is 1. The predicted octanol–water partition coefficient (Wildman–Crippen LogP) is 5.23. The number of hydrogen-bond acceptors (Lipinski definition) is 19. The summed E-state index contributed by atoms with van der Waals surface area (Å²) in [6, 6.07) is 8.83. The van der Waals surface area contributed by atoms with Crippen LogP contribution < -0.4 is 21.6 Å². The number of likely N-dealkylation sites (N-methyl/N-ethyl adjacent to an activating group) is 1. The molecule has 0 aliphatic carbocycles. The summed E-state index contributed by atoms with van der Waals surface area (Å²) in [6.45, 7) is 19.9. The van der Waals surface area contributed by atoms with Crippen molar-refractivity contribution in [2.75, 3.05) is 56.5 Å². The van der Waals surface area contributed by atoms with Crippen molar-refractivity contribution in [3.05, 3.63) is 106 Å². The van der Waals surface area contributed by atoms with E-state index in [2.05, 4.69) is 70.4 Å². The predicted molar refractivity (Wildman–Crippen MR) is 305 cm³/mol. The largest absolute Gasteiger partial charge is 0.744 e. The summed E-state index contributed by atoms with van der Waals surface area (Å²) in [5.41, 5.74) is 8.37. The number of phosphoric ester groups is 1. The average molecular weight is 1260 g/mol. The van der Waals surface area contributed by atoms with Crippen LogP contribution in [-0.4, -0.2) is 139 Å². The number of amides is 1. The smallest absolute Gasteiger partial charge is 0.490 e. The number of phosphoric acid groups is 3. The van der Waals surface area contributed by atoms with Crippen LogP contribution in [0.4, 0.5) is 17.2 Å². The average Bonchev–Trinajstić information content (AvgIpc) is 2.62. The fourth-order valence-electron chi connectivity index (χ4n) is 9.63. The van der Waals surface area contributed by atoms with Crippen molar-refractivity contribution in [2.45, 2.75) is 127 Å². The minimum atomic E-state index is -5.80. The number of aliphatic hydroxyl groups excluding tert-OH is 1. The number of fused-ring (bicyclic) bond motifs is 2. The number of carbonyl (C=O) groups excluding carboxylic acids is 1. The molecule has 1 saturated heterocycles. The number of hydrogen-bond donors (Lipinski definition) is 8. The molecule has 458 valence electrons. The summed E-state index contributed by atoms with van der Waals surface area (Å²) in [7, 11) is -26.1. The lowest BCUT2D eigenvalue weighted by molar-refractivity contribution is -0.438. The zero-order chi connectivity index (χ0) is 62.1. The van der Waals surface area contributed by atoms with Crippen molar-refractivity contribution in [2.24, 2.45) is 0 Å². The first-order valence-corrected chi connectivity index (χ1v) is 33.6. The van der Waals surface area contributed by atoms with Crippen LogP contribution >= 0.6 is 23.5 Å². The highest BCUT2D eigenvalue weighted by molar-refractivity contribution is 7.86. The third-order valence-electron chi connectivity index (χ3n) is 13.9. The van der Waals surface area contributed by atoms with Gasteiger partial charge in [-0.25, -0.2) is 26.9 Å². The summed E-state index contributed by atoms with van der Waals surface area (Å²) in [4.78, 5) is 69.6. The Morgan fingerprint density at radius 3 is 2.18 bits per heavy atom. The number of allylic oxidation sites excluding steroid dienone is 6. The maximum absolute atomic E-state index is 12.8. The van der Waals surface area contributed by atoms with Crippen molar-refractivity contribution in [1.82, 2.24) is 19.8 Å². The molecule has 9 N–H and O–H groups in total. The van der Waals surface area contributed by atoms with Crippen molar-refractivity contribution in [3.63, 3.8) is 0 Å². The molecule has 1 fully saturated rings. The Kier molecular flexibility index (Phi) is 23.2. The van der Waals surface area contributed by atoms with Gasteiger partial charge in [-0.1, -0.05) is 64.7 Å². The van der Waals surface area contributed by atoms with Gasteiger partial charge in [-0.05, 0) is 95.2 Å². The van der Waals surface area contributed by atoms with Gasteiger partial charge in [0.1, 0.15) is 34.8 Å². The molecule has 27 nitrogen and oxygen atoms in total. The topological polar surface area (TPSA) is 400 Å². The standard InChI is InChI=1S/C45H57N6O20P3S2.C6H15N/c1-6-49-34-20-18-30(75(62,63)64)24-32(34)44(2,3)38(49)15-9-7-10-16-39-45(4,5)33-25-31(76(65,66)67)19-21-35(33)50(39)23-12-8-11-17-40(53)47-22-13-14-29-27-51(43(54)48-42(29)46)41-26-36(52)37(69-41)28-68-73(58,59)71-74(60,61)70-72(55,56)57;1-4-7(5-2)6-3/h7,9-10,15-16,18-21,24-25,27,36-37,41,52H,6,8,11-12,17,22-23,26,28H2,1-5H3,(H8-,46,47,48,53,54,55,56,57,58,59,60,61,62,63,64,65,66,67);4-6H2,1-3H3/t36-,37-,41-;/m1./s1. The maximum atomic E-state index is 12.8.